The van der Waals surface area contributed by atoms with Gasteiger partial charge < -0.3 is 19.5 Å². The van der Waals surface area contributed by atoms with Crippen molar-refractivity contribution >= 4 is 5.91 Å². The van der Waals surface area contributed by atoms with E-state index in [1.54, 1.807) is 26.4 Å². The molecule has 0 spiro atoms. The molecule has 5 nitrogen and oxygen atoms in total. The fraction of sp³-hybridized carbons (Fsp3) is 0.348. The molecule has 0 aliphatic carbocycles. The standard InChI is InChI=1S/C23H27NO4/c1-6-7-15-12-16(8-11-20(15)27-5)22(25)24-19-14-23(2,3)28-21-13-17(26-4)9-10-18(19)21/h6,8-13,19H,1,7,14H2,2-5H3,(H,24,25). The quantitative estimate of drug-likeness (QED) is 0.751. The molecule has 3 rings (SSSR count). The predicted molar refractivity (Wildman–Crippen MR) is 109 cm³/mol. The maximum Gasteiger partial charge on any atom is 0.251 e. The van der Waals surface area contributed by atoms with E-state index in [1.807, 2.05) is 44.2 Å². The zero-order valence-electron chi connectivity index (χ0n) is 16.9. The average molecular weight is 381 g/mol. The summed E-state index contributed by atoms with van der Waals surface area (Å²) in [6.07, 6.45) is 3.11. The van der Waals surface area contributed by atoms with Gasteiger partial charge >= 0.3 is 0 Å². The highest BCUT2D eigenvalue weighted by molar-refractivity contribution is 5.95. The van der Waals surface area contributed by atoms with E-state index in [4.69, 9.17) is 14.2 Å². The van der Waals surface area contributed by atoms with E-state index >= 15 is 0 Å². The summed E-state index contributed by atoms with van der Waals surface area (Å²) < 4.78 is 16.8. The van der Waals surface area contributed by atoms with E-state index in [1.165, 1.54) is 0 Å². The van der Waals surface area contributed by atoms with Crippen molar-refractivity contribution in [1.82, 2.24) is 5.32 Å². The van der Waals surface area contributed by atoms with Crippen LogP contribution < -0.4 is 19.5 Å². The van der Waals surface area contributed by atoms with Crippen molar-refractivity contribution in [2.24, 2.45) is 0 Å². The largest absolute Gasteiger partial charge is 0.497 e. The van der Waals surface area contributed by atoms with Crippen LogP contribution in [-0.2, 0) is 6.42 Å². The lowest BCUT2D eigenvalue weighted by atomic mass is 9.89. The van der Waals surface area contributed by atoms with E-state index in [0.717, 1.165) is 28.4 Å². The van der Waals surface area contributed by atoms with Gasteiger partial charge in [-0.25, -0.2) is 0 Å². The maximum atomic E-state index is 13.0. The number of methoxy groups -OCH3 is 2. The minimum absolute atomic E-state index is 0.127. The molecule has 1 N–H and O–H groups in total. The monoisotopic (exact) mass is 381 g/mol. The van der Waals surface area contributed by atoms with Gasteiger partial charge in [0.2, 0.25) is 0 Å². The lowest BCUT2D eigenvalue weighted by Gasteiger charge is -2.38. The molecule has 1 heterocycles. The summed E-state index contributed by atoms with van der Waals surface area (Å²) in [5.74, 6) is 2.09. The summed E-state index contributed by atoms with van der Waals surface area (Å²) in [6, 6.07) is 11.0. The van der Waals surface area contributed by atoms with Gasteiger partial charge in [0.25, 0.3) is 5.91 Å². The molecule has 1 aliphatic heterocycles. The summed E-state index contributed by atoms with van der Waals surface area (Å²) in [7, 11) is 3.25. The van der Waals surface area contributed by atoms with Crippen LogP contribution in [0.1, 0.15) is 47.8 Å². The number of allylic oxidation sites excluding steroid dienone is 1. The molecule has 0 radical (unpaired) electrons. The van der Waals surface area contributed by atoms with E-state index in [0.29, 0.717) is 18.4 Å². The van der Waals surface area contributed by atoms with Crippen LogP contribution >= 0.6 is 0 Å². The molecular weight excluding hydrogens is 354 g/mol. The van der Waals surface area contributed by atoms with Gasteiger partial charge in [-0.2, -0.15) is 0 Å². The number of hydrogen-bond acceptors (Lipinski definition) is 4. The molecular formula is C23H27NO4. The van der Waals surface area contributed by atoms with Crippen LogP contribution in [0.2, 0.25) is 0 Å². The molecule has 1 atom stereocenters. The number of benzene rings is 2. The predicted octanol–water partition coefficient (Wildman–Crippen LogP) is 4.46. The molecule has 0 saturated heterocycles. The average Bonchev–Trinajstić information content (AvgIpc) is 2.66. The molecule has 1 amide bonds. The number of ether oxygens (including phenoxy) is 3. The fourth-order valence-electron chi connectivity index (χ4n) is 3.56. The maximum absolute atomic E-state index is 13.0. The minimum Gasteiger partial charge on any atom is -0.497 e. The SMILES string of the molecule is C=CCc1cc(C(=O)NC2CC(C)(C)Oc3cc(OC)ccc32)ccc1OC. The molecule has 148 valence electrons. The molecule has 0 bridgehead atoms. The molecule has 0 aromatic heterocycles. The van der Waals surface area contributed by atoms with Crippen LogP contribution in [0, 0.1) is 0 Å². The van der Waals surface area contributed by atoms with Gasteiger partial charge in [0.1, 0.15) is 22.8 Å². The van der Waals surface area contributed by atoms with Crippen LogP contribution in [-0.4, -0.2) is 25.7 Å². The first-order valence-corrected chi connectivity index (χ1v) is 9.32. The summed E-state index contributed by atoms with van der Waals surface area (Å²) >= 11 is 0. The summed E-state index contributed by atoms with van der Waals surface area (Å²) in [6.45, 7) is 7.81. The third-order valence-corrected chi connectivity index (χ3v) is 4.89. The fourth-order valence-corrected chi connectivity index (χ4v) is 3.56. The third-order valence-electron chi connectivity index (χ3n) is 4.89. The second-order valence-corrected chi connectivity index (χ2v) is 7.52. The van der Waals surface area contributed by atoms with E-state index in [9.17, 15) is 4.79 Å². The van der Waals surface area contributed by atoms with Gasteiger partial charge in [-0.1, -0.05) is 6.08 Å². The van der Waals surface area contributed by atoms with Crippen LogP contribution in [0.4, 0.5) is 0 Å². The Hall–Kier alpha value is -2.95. The van der Waals surface area contributed by atoms with E-state index in [2.05, 4.69) is 11.9 Å². The first kappa shape index (κ1) is 19.8. The Labute approximate surface area is 166 Å². The van der Waals surface area contributed by atoms with Crippen molar-refractivity contribution in [3.8, 4) is 17.2 Å². The van der Waals surface area contributed by atoms with Crippen molar-refractivity contribution in [3.05, 3.63) is 65.7 Å². The molecule has 28 heavy (non-hydrogen) atoms. The Morgan fingerprint density at radius 2 is 2.04 bits per heavy atom. The van der Waals surface area contributed by atoms with Crippen LogP contribution in [0.3, 0.4) is 0 Å². The number of fused-ring (bicyclic) bond motifs is 1. The Bertz CT molecular complexity index is 888. The Morgan fingerprint density at radius 1 is 1.25 bits per heavy atom. The second kappa shape index (κ2) is 7.97. The zero-order chi connectivity index (χ0) is 20.3. The van der Waals surface area contributed by atoms with Crippen LogP contribution in [0.15, 0.2) is 49.1 Å². The van der Waals surface area contributed by atoms with Gasteiger partial charge in [0.15, 0.2) is 0 Å². The number of nitrogens with one attached hydrogen (secondary N) is 1. The molecule has 1 unspecified atom stereocenters. The molecule has 5 heteroatoms. The Morgan fingerprint density at radius 3 is 2.71 bits per heavy atom. The molecule has 2 aromatic carbocycles. The lowest BCUT2D eigenvalue weighted by molar-refractivity contribution is 0.0617. The second-order valence-electron chi connectivity index (χ2n) is 7.52. The highest BCUT2D eigenvalue weighted by Crippen LogP contribution is 2.41. The van der Waals surface area contributed by atoms with Gasteiger partial charge in [0, 0.05) is 23.6 Å². The zero-order valence-corrected chi connectivity index (χ0v) is 16.9. The van der Waals surface area contributed by atoms with Crippen molar-refractivity contribution in [2.75, 3.05) is 14.2 Å². The highest BCUT2D eigenvalue weighted by atomic mass is 16.5. The van der Waals surface area contributed by atoms with E-state index in [-0.39, 0.29) is 11.9 Å². The lowest BCUT2D eigenvalue weighted by Crippen LogP contribution is -2.41. The van der Waals surface area contributed by atoms with Crippen molar-refractivity contribution in [2.45, 2.75) is 38.3 Å². The first-order valence-electron chi connectivity index (χ1n) is 9.32. The number of carbonyl (C=O) groups excluding carboxylic acids is 1. The van der Waals surface area contributed by atoms with Crippen molar-refractivity contribution in [3.63, 3.8) is 0 Å². The highest BCUT2D eigenvalue weighted by Gasteiger charge is 2.35. The van der Waals surface area contributed by atoms with Gasteiger partial charge in [0.05, 0.1) is 20.3 Å². The molecule has 2 aromatic rings. The van der Waals surface area contributed by atoms with Crippen LogP contribution in [0.5, 0.6) is 17.2 Å². The number of carbonyl (C=O) groups is 1. The first-order chi connectivity index (χ1) is 13.4. The third kappa shape index (κ3) is 4.14. The van der Waals surface area contributed by atoms with Gasteiger partial charge in [-0.05, 0) is 56.2 Å². The smallest absolute Gasteiger partial charge is 0.251 e. The summed E-state index contributed by atoms with van der Waals surface area (Å²) in [4.78, 5) is 13.0. The van der Waals surface area contributed by atoms with Gasteiger partial charge in [-0.15, -0.1) is 6.58 Å². The minimum atomic E-state index is -0.398. The summed E-state index contributed by atoms with van der Waals surface area (Å²) in [5.41, 5.74) is 2.08. The normalized spacial score (nSPS) is 17.1. The van der Waals surface area contributed by atoms with E-state index < -0.39 is 5.60 Å². The number of amides is 1. The van der Waals surface area contributed by atoms with Crippen molar-refractivity contribution in [1.29, 1.82) is 0 Å². The van der Waals surface area contributed by atoms with Gasteiger partial charge in [-0.3, -0.25) is 4.79 Å². The van der Waals surface area contributed by atoms with Crippen LogP contribution in [0.25, 0.3) is 0 Å². The molecule has 0 saturated carbocycles. The Kier molecular flexibility index (Phi) is 5.63. The number of hydrogen-bond donors (Lipinski definition) is 1. The van der Waals surface area contributed by atoms with Crippen molar-refractivity contribution < 1.29 is 19.0 Å². The molecule has 0 fully saturated rings. The number of rotatable bonds is 6. The Balaban J connectivity index is 1.88. The summed E-state index contributed by atoms with van der Waals surface area (Å²) in [5, 5.41) is 3.16. The molecule has 1 aliphatic rings. The topological polar surface area (TPSA) is 56.8 Å².